The monoisotopic (exact) mass is 481 g/mol. The van der Waals surface area contributed by atoms with Crippen LogP contribution in [-0.4, -0.2) is 62.8 Å². The summed E-state index contributed by atoms with van der Waals surface area (Å²) in [6.45, 7) is 12.0. The number of piperazine rings is 1. The second kappa shape index (κ2) is 9.76. The Hall–Kier alpha value is -2.17. The summed E-state index contributed by atoms with van der Waals surface area (Å²) >= 11 is 1.57. The smallest absolute Gasteiger partial charge is 0.410 e. The van der Waals surface area contributed by atoms with Crippen molar-refractivity contribution < 1.29 is 22.1 Å². The number of aryl methyl sites for hydroxylation is 2. The van der Waals surface area contributed by atoms with Crippen molar-refractivity contribution in [2.75, 3.05) is 37.7 Å². The van der Waals surface area contributed by atoms with Crippen LogP contribution in [0.3, 0.4) is 0 Å². The van der Waals surface area contributed by atoms with Crippen molar-refractivity contribution in [1.82, 2.24) is 9.88 Å². The molecule has 1 saturated heterocycles. The summed E-state index contributed by atoms with van der Waals surface area (Å²) in [5.41, 5.74) is 1.31. The van der Waals surface area contributed by atoms with Crippen LogP contribution >= 0.6 is 11.3 Å². The van der Waals surface area contributed by atoms with Gasteiger partial charge in [0, 0.05) is 37.5 Å². The van der Waals surface area contributed by atoms with E-state index in [0.29, 0.717) is 32.6 Å². The van der Waals surface area contributed by atoms with Gasteiger partial charge in [-0.3, -0.25) is 4.18 Å². The predicted octanol–water partition coefficient (Wildman–Crippen LogP) is 3.77. The molecule has 0 saturated carbocycles. The van der Waals surface area contributed by atoms with Crippen LogP contribution in [0.2, 0.25) is 0 Å². The second-order valence-electron chi connectivity index (χ2n) is 8.79. The normalized spacial score (nSPS) is 15.2. The molecule has 1 aliphatic heterocycles. The lowest BCUT2D eigenvalue weighted by Gasteiger charge is -2.35. The highest BCUT2D eigenvalue weighted by Crippen LogP contribution is 2.27. The number of hydrogen-bond donors (Lipinski definition) is 0. The van der Waals surface area contributed by atoms with Gasteiger partial charge in [-0.05, 0) is 46.8 Å². The van der Waals surface area contributed by atoms with E-state index in [2.05, 4.69) is 4.90 Å². The molecule has 8 nitrogen and oxygen atoms in total. The number of hydrogen-bond acceptors (Lipinski definition) is 8. The van der Waals surface area contributed by atoms with Crippen LogP contribution in [-0.2, 0) is 25.5 Å². The number of carbonyl (C=O) groups is 1. The first-order chi connectivity index (χ1) is 14.9. The van der Waals surface area contributed by atoms with Crippen molar-refractivity contribution in [1.29, 1.82) is 0 Å². The van der Waals surface area contributed by atoms with E-state index in [1.54, 1.807) is 40.5 Å². The molecule has 2 aromatic rings. The van der Waals surface area contributed by atoms with Gasteiger partial charge in [0.25, 0.3) is 10.1 Å². The number of benzene rings is 1. The minimum Gasteiger partial charge on any atom is -0.444 e. The zero-order chi connectivity index (χ0) is 23.5. The summed E-state index contributed by atoms with van der Waals surface area (Å²) < 4.78 is 35.4. The Morgan fingerprint density at radius 3 is 2.31 bits per heavy atom. The van der Waals surface area contributed by atoms with Crippen molar-refractivity contribution in [3.63, 3.8) is 0 Å². The van der Waals surface area contributed by atoms with Crippen LogP contribution in [0.5, 0.6) is 0 Å². The molecule has 1 aromatic heterocycles. The number of aromatic nitrogens is 1. The largest absolute Gasteiger partial charge is 0.444 e. The molecule has 1 aromatic carbocycles. The van der Waals surface area contributed by atoms with E-state index in [-0.39, 0.29) is 17.6 Å². The van der Waals surface area contributed by atoms with Crippen LogP contribution in [0.15, 0.2) is 29.2 Å². The van der Waals surface area contributed by atoms with Gasteiger partial charge >= 0.3 is 6.09 Å². The van der Waals surface area contributed by atoms with Gasteiger partial charge in [0.1, 0.15) is 5.60 Å². The number of amides is 1. The number of nitrogens with zero attached hydrogens (tertiary/aromatic N) is 3. The van der Waals surface area contributed by atoms with Crippen LogP contribution in [0, 0.1) is 13.8 Å². The van der Waals surface area contributed by atoms with Crippen LogP contribution in [0.25, 0.3) is 0 Å². The van der Waals surface area contributed by atoms with E-state index in [1.807, 2.05) is 34.6 Å². The molecular formula is C22H31N3O5S2. The maximum atomic E-state index is 12.4. The fraction of sp³-hybridized carbons (Fsp3) is 0.545. The Labute approximate surface area is 194 Å². The van der Waals surface area contributed by atoms with Gasteiger partial charge in [0.15, 0.2) is 5.13 Å². The van der Waals surface area contributed by atoms with Crippen molar-refractivity contribution in [2.24, 2.45) is 0 Å². The molecule has 0 atom stereocenters. The minimum absolute atomic E-state index is 0.0344. The zero-order valence-electron chi connectivity index (χ0n) is 19.3. The van der Waals surface area contributed by atoms with Crippen molar-refractivity contribution in [3.8, 4) is 0 Å². The van der Waals surface area contributed by atoms with E-state index in [4.69, 9.17) is 13.9 Å². The molecule has 1 amide bonds. The van der Waals surface area contributed by atoms with Crippen molar-refractivity contribution in [2.45, 2.75) is 51.5 Å². The predicted molar refractivity (Wildman–Crippen MR) is 125 cm³/mol. The third-order valence-electron chi connectivity index (χ3n) is 4.97. The molecule has 1 aliphatic rings. The van der Waals surface area contributed by atoms with Gasteiger partial charge in [0.05, 0.1) is 17.2 Å². The molecule has 0 spiro atoms. The molecule has 1 fully saturated rings. The summed E-state index contributed by atoms with van der Waals surface area (Å²) in [5, 5.41) is 0.878. The fourth-order valence-electron chi connectivity index (χ4n) is 3.21. The van der Waals surface area contributed by atoms with E-state index >= 15 is 0 Å². The van der Waals surface area contributed by atoms with Gasteiger partial charge in [-0.2, -0.15) is 8.42 Å². The molecule has 10 heteroatoms. The molecule has 32 heavy (non-hydrogen) atoms. The summed E-state index contributed by atoms with van der Waals surface area (Å²) in [6, 6.07) is 6.59. The Balaban J connectivity index is 1.53. The molecule has 2 heterocycles. The summed E-state index contributed by atoms with van der Waals surface area (Å²) in [6.07, 6.45) is 0.116. The fourth-order valence-corrected chi connectivity index (χ4v) is 5.12. The van der Waals surface area contributed by atoms with Gasteiger partial charge in [-0.1, -0.05) is 17.7 Å². The number of carbonyl (C=O) groups excluding carboxylic acids is 1. The maximum absolute atomic E-state index is 12.4. The molecular weight excluding hydrogens is 450 g/mol. The van der Waals surface area contributed by atoms with Crippen molar-refractivity contribution >= 4 is 32.7 Å². The van der Waals surface area contributed by atoms with E-state index in [1.165, 1.54) is 0 Å². The lowest BCUT2D eigenvalue weighted by Crippen LogP contribution is -2.50. The first kappa shape index (κ1) is 24.5. The van der Waals surface area contributed by atoms with Crippen LogP contribution in [0.1, 0.15) is 36.9 Å². The topological polar surface area (TPSA) is 89.0 Å². The minimum atomic E-state index is -3.79. The molecule has 0 N–H and O–H groups in total. The average molecular weight is 482 g/mol. The van der Waals surface area contributed by atoms with E-state index < -0.39 is 15.7 Å². The van der Waals surface area contributed by atoms with Crippen LogP contribution in [0.4, 0.5) is 9.93 Å². The Morgan fingerprint density at radius 2 is 1.72 bits per heavy atom. The highest BCUT2D eigenvalue weighted by atomic mass is 32.2. The summed E-state index contributed by atoms with van der Waals surface area (Å²) in [7, 11) is -3.79. The molecule has 0 bridgehead atoms. The maximum Gasteiger partial charge on any atom is 0.410 e. The number of anilines is 1. The third kappa shape index (κ3) is 6.43. The highest BCUT2D eigenvalue weighted by Gasteiger charge is 2.27. The molecule has 176 valence electrons. The lowest BCUT2D eigenvalue weighted by molar-refractivity contribution is 0.0240. The lowest BCUT2D eigenvalue weighted by atomic mass is 10.2. The SMILES string of the molecule is Cc1ccc(S(=O)(=O)OCCc2nc(N3CCN(C(=O)OC(C)(C)C)CC3)sc2C)cc1. The first-order valence-corrected chi connectivity index (χ1v) is 12.8. The van der Waals surface area contributed by atoms with Gasteiger partial charge in [-0.25, -0.2) is 9.78 Å². The first-order valence-electron chi connectivity index (χ1n) is 10.6. The molecule has 0 radical (unpaired) electrons. The molecule has 3 rings (SSSR count). The molecule has 0 aliphatic carbocycles. The van der Waals surface area contributed by atoms with Gasteiger partial charge in [-0.15, -0.1) is 11.3 Å². The highest BCUT2D eigenvalue weighted by molar-refractivity contribution is 7.86. The standard InChI is InChI=1S/C22H31N3O5S2/c1-16-6-8-18(9-7-16)32(27,28)29-15-10-19-17(2)31-20(23-19)24-11-13-25(14-12-24)21(26)30-22(3,4)5/h6-9H,10-15H2,1-5H3. The van der Waals surface area contributed by atoms with E-state index in [9.17, 15) is 13.2 Å². The van der Waals surface area contributed by atoms with Crippen molar-refractivity contribution in [3.05, 3.63) is 40.4 Å². The number of thiazole rings is 1. The number of rotatable bonds is 6. The van der Waals surface area contributed by atoms with Gasteiger partial charge in [0.2, 0.25) is 0 Å². The average Bonchev–Trinajstić information content (AvgIpc) is 3.08. The van der Waals surface area contributed by atoms with E-state index in [0.717, 1.165) is 21.3 Å². The summed E-state index contributed by atoms with van der Waals surface area (Å²) in [5.74, 6) is 0. The summed E-state index contributed by atoms with van der Waals surface area (Å²) in [4.78, 5) is 22.0. The Bertz CT molecular complexity index is 1030. The second-order valence-corrected chi connectivity index (χ2v) is 11.6. The quantitative estimate of drug-likeness (QED) is 0.580. The third-order valence-corrected chi connectivity index (χ3v) is 7.37. The zero-order valence-corrected chi connectivity index (χ0v) is 20.9. The number of ether oxygens (including phenoxy) is 1. The Kier molecular flexibility index (Phi) is 7.46. The van der Waals surface area contributed by atoms with Crippen LogP contribution < -0.4 is 4.90 Å². The van der Waals surface area contributed by atoms with Gasteiger partial charge < -0.3 is 14.5 Å². The Morgan fingerprint density at radius 1 is 1.09 bits per heavy atom. The molecule has 0 unspecified atom stereocenters.